The van der Waals surface area contributed by atoms with Crippen molar-refractivity contribution < 1.29 is 19.2 Å². The number of urea groups is 1. The van der Waals surface area contributed by atoms with Crippen LogP contribution in [0.5, 0.6) is 0 Å². The number of benzene rings is 2. The van der Waals surface area contributed by atoms with Gasteiger partial charge in [-0.25, -0.2) is 4.79 Å². The Morgan fingerprint density at radius 1 is 1.00 bits per heavy atom. The van der Waals surface area contributed by atoms with E-state index in [4.69, 9.17) is 0 Å². The molecule has 0 bridgehead atoms. The first-order valence-electron chi connectivity index (χ1n) is 10.2. The minimum atomic E-state index is -1.17. The number of imide groups is 1. The van der Waals surface area contributed by atoms with E-state index in [-0.39, 0.29) is 18.2 Å². The van der Waals surface area contributed by atoms with Gasteiger partial charge in [-0.2, -0.15) is 0 Å². The Kier molecular flexibility index (Phi) is 5.97. The fourth-order valence-electron chi connectivity index (χ4n) is 3.42. The average Bonchev–Trinajstić information content (AvgIpc) is 2.99. The van der Waals surface area contributed by atoms with Crippen LogP contribution in [-0.4, -0.2) is 35.1 Å². The van der Waals surface area contributed by atoms with Gasteiger partial charge in [0.1, 0.15) is 5.54 Å². The number of amides is 4. The number of rotatable bonds is 6. The highest BCUT2D eigenvalue weighted by molar-refractivity contribution is 6.11. The van der Waals surface area contributed by atoms with Crippen molar-refractivity contribution in [2.75, 3.05) is 11.9 Å². The molecule has 1 heterocycles. The number of Topliss-reactive ketones (excluding diaryl/α,β-unsaturated/α-hetero) is 1. The molecule has 2 N–H and O–H groups in total. The summed E-state index contributed by atoms with van der Waals surface area (Å²) < 4.78 is 0. The van der Waals surface area contributed by atoms with Gasteiger partial charge in [-0.15, -0.1) is 0 Å². The van der Waals surface area contributed by atoms with Gasteiger partial charge in [-0.1, -0.05) is 58.0 Å². The van der Waals surface area contributed by atoms with Crippen molar-refractivity contribution >= 4 is 29.3 Å². The lowest BCUT2D eigenvalue weighted by Crippen LogP contribution is -2.43. The van der Waals surface area contributed by atoms with Gasteiger partial charge in [0, 0.05) is 16.7 Å². The number of anilines is 1. The lowest BCUT2D eigenvalue weighted by Gasteiger charge is -2.25. The molecule has 1 aliphatic rings. The second kappa shape index (κ2) is 8.34. The molecule has 2 aromatic rings. The normalized spacial score (nSPS) is 18.6. The zero-order valence-corrected chi connectivity index (χ0v) is 18.2. The summed E-state index contributed by atoms with van der Waals surface area (Å²) in [6, 6.07) is 14.8. The van der Waals surface area contributed by atoms with E-state index in [0.29, 0.717) is 23.2 Å². The van der Waals surface area contributed by atoms with E-state index in [2.05, 4.69) is 10.6 Å². The molecule has 2 aromatic carbocycles. The number of ketones is 1. The van der Waals surface area contributed by atoms with Crippen molar-refractivity contribution in [3.63, 3.8) is 0 Å². The molecule has 0 aliphatic carbocycles. The summed E-state index contributed by atoms with van der Waals surface area (Å²) >= 11 is 0. The molecule has 0 radical (unpaired) electrons. The predicted octanol–water partition coefficient (Wildman–Crippen LogP) is 3.71. The Labute approximate surface area is 181 Å². The minimum Gasteiger partial charge on any atom is -0.326 e. The Balaban J connectivity index is 1.74. The summed E-state index contributed by atoms with van der Waals surface area (Å²) in [5.74, 6) is -0.937. The van der Waals surface area contributed by atoms with Crippen LogP contribution in [0.25, 0.3) is 0 Å². The number of hydrogen-bond donors (Lipinski definition) is 2. The summed E-state index contributed by atoms with van der Waals surface area (Å²) in [6.07, 6.45) is 0.369. The first-order chi connectivity index (χ1) is 14.6. The van der Waals surface area contributed by atoms with Crippen LogP contribution in [0.1, 0.15) is 50.0 Å². The van der Waals surface area contributed by atoms with Gasteiger partial charge >= 0.3 is 6.03 Å². The highest BCUT2D eigenvalue weighted by Crippen LogP contribution is 2.32. The van der Waals surface area contributed by atoms with Gasteiger partial charge in [0.2, 0.25) is 5.91 Å². The average molecular weight is 421 g/mol. The quantitative estimate of drug-likeness (QED) is 0.549. The van der Waals surface area contributed by atoms with E-state index in [1.165, 1.54) is 0 Å². The third-order valence-electron chi connectivity index (χ3n) is 5.42. The van der Waals surface area contributed by atoms with Crippen molar-refractivity contribution in [3.05, 3.63) is 65.7 Å². The number of nitrogens with zero attached hydrogens (tertiary/aromatic N) is 1. The Bertz CT molecular complexity index is 1010. The smallest absolute Gasteiger partial charge is 0.325 e. The van der Waals surface area contributed by atoms with Gasteiger partial charge in [-0.05, 0) is 36.2 Å². The Morgan fingerprint density at radius 3 is 2.16 bits per heavy atom. The molecule has 7 nitrogen and oxygen atoms in total. The van der Waals surface area contributed by atoms with Crippen molar-refractivity contribution in [3.8, 4) is 0 Å². The second-order valence-corrected chi connectivity index (χ2v) is 8.65. The molecular formula is C24H27N3O4. The van der Waals surface area contributed by atoms with Crippen LogP contribution in [0.15, 0.2) is 54.6 Å². The van der Waals surface area contributed by atoms with Gasteiger partial charge in [0.05, 0.1) is 6.54 Å². The Hall–Kier alpha value is -3.48. The standard InChI is InChI=1S/C24H27N3O4/c1-5-24(17-9-7-6-8-10-17)21(30)27(22(31)26-24)15-19(28)16-11-13-18(14-12-16)25-20(29)23(2,3)4/h6-14H,5,15H2,1-4H3,(H,25,29)(H,26,31)/t24-/m1/s1. The van der Waals surface area contributed by atoms with Gasteiger partial charge < -0.3 is 10.6 Å². The van der Waals surface area contributed by atoms with Crippen LogP contribution in [0.3, 0.4) is 0 Å². The highest BCUT2D eigenvalue weighted by atomic mass is 16.2. The second-order valence-electron chi connectivity index (χ2n) is 8.65. The molecule has 4 amide bonds. The molecule has 1 atom stereocenters. The summed E-state index contributed by atoms with van der Waals surface area (Å²) in [5.41, 5.74) is -0.101. The van der Waals surface area contributed by atoms with Crippen LogP contribution < -0.4 is 10.6 Å². The van der Waals surface area contributed by atoms with E-state index in [1.54, 1.807) is 48.5 Å². The molecular weight excluding hydrogens is 394 g/mol. The highest BCUT2D eigenvalue weighted by Gasteiger charge is 2.51. The SMILES string of the molecule is CC[C@]1(c2ccccc2)NC(=O)N(CC(=O)c2ccc(NC(=O)C(C)(C)C)cc2)C1=O. The van der Waals surface area contributed by atoms with Crippen molar-refractivity contribution in [1.82, 2.24) is 10.2 Å². The van der Waals surface area contributed by atoms with Crippen molar-refractivity contribution in [1.29, 1.82) is 0 Å². The fourth-order valence-corrected chi connectivity index (χ4v) is 3.42. The molecule has 162 valence electrons. The topological polar surface area (TPSA) is 95.6 Å². The first-order valence-corrected chi connectivity index (χ1v) is 10.2. The zero-order chi connectivity index (χ0) is 22.8. The van der Waals surface area contributed by atoms with Gasteiger partial charge in [-0.3, -0.25) is 19.3 Å². The van der Waals surface area contributed by atoms with Gasteiger partial charge in [0.25, 0.3) is 5.91 Å². The summed E-state index contributed by atoms with van der Waals surface area (Å²) in [4.78, 5) is 51.5. The molecule has 7 heteroatoms. The van der Waals surface area contributed by atoms with E-state index in [0.717, 1.165) is 4.90 Å². The molecule has 0 saturated carbocycles. The number of carbonyl (C=O) groups excluding carboxylic acids is 4. The van der Waals surface area contributed by atoms with Gasteiger partial charge in [0.15, 0.2) is 5.78 Å². The first kappa shape index (κ1) is 22.2. The number of nitrogens with one attached hydrogen (secondary N) is 2. The summed E-state index contributed by atoms with van der Waals surface area (Å²) in [6.45, 7) is 6.90. The predicted molar refractivity (Wildman–Crippen MR) is 118 cm³/mol. The summed E-state index contributed by atoms with van der Waals surface area (Å²) in [5, 5.41) is 5.57. The number of hydrogen-bond acceptors (Lipinski definition) is 4. The lowest BCUT2D eigenvalue weighted by molar-refractivity contribution is -0.131. The molecule has 1 aliphatic heterocycles. The van der Waals surface area contributed by atoms with E-state index < -0.39 is 22.9 Å². The molecule has 1 fully saturated rings. The zero-order valence-electron chi connectivity index (χ0n) is 18.2. The van der Waals surface area contributed by atoms with Crippen LogP contribution in [-0.2, 0) is 15.1 Å². The van der Waals surface area contributed by atoms with E-state index in [9.17, 15) is 19.2 Å². The fraction of sp³-hybridized carbons (Fsp3) is 0.333. The lowest BCUT2D eigenvalue weighted by atomic mass is 9.87. The maximum atomic E-state index is 13.1. The van der Waals surface area contributed by atoms with E-state index >= 15 is 0 Å². The molecule has 1 saturated heterocycles. The maximum absolute atomic E-state index is 13.1. The summed E-state index contributed by atoms with van der Waals surface area (Å²) in [7, 11) is 0. The third kappa shape index (κ3) is 4.35. The van der Waals surface area contributed by atoms with E-state index in [1.807, 2.05) is 33.8 Å². The largest absolute Gasteiger partial charge is 0.326 e. The van der Waals surface area contributed by atoms with Crippen LogP contribution in [0.2, 0.25) is 0 Å². The molecule has 31 heavy (non-hydrogen) atoms. The number of carbonyl (C=O) groups is 4. The van der Waals surface area contributed by atoms with Crippen LogP contribution in [0.4, 0.5) is 10.5 Å². The maximum Gasteiger partial charge on any atom is 0.325 e. The van der Waals surface area contributed by atoms with Crippen LogP contribution in [0, 0.1) is 5.41 Å². The van der Waals surface area contributed by atoms with Crippen molar-refractivity contribution in [2.45, 2.75) is 39.7 Å². The molecule has 3 rings (SSSR count). The molecule has 0 aromatic heterocycles. The molecule has 0 unspecified atom stereocenters. The third-order valence-corrected chi connectivity index (χ3v) is 5.42. The Morgan fingerprint density at radius 2 is 1.61 bits per heavy atom. The monoisotopic (exact) mass is 421 g/mol. The molecule has 0 spiro atoms. The van der Waals surface area contributed by atoms with Crippen molar-refractivity contribution in [2.24, 2.45) is 5.41 Å². The van der Waals surface area contributed by atoms with Crippen LogP contribution >= 0.6 is 0 Å². The minimum absolute atomic E-state index is 0.136.